The predicted molar refractivity (Wildman–Crippen MR) is 50.9 cm³/mol. The summed E-state index contributed by atoms with van der Waals surface area (Å²) >= 11 is 0. The third-order valence-corrected chi connectivity index (χ3v) is 2.35. The lowest BCUT2D eigenvalue weighted by atomic mass is 10.1. The molecule has 0 saturated carbocycles. The van der Waals surface area contributed by atoms with Crippen molar-refractivity contribution in [2.75, 3.05) is 0 Å². The van der Waals surface area contributed by atoms with E-state index in [1.165, 1.54) is 0 Å². The largest absolute Gasteiger partial charge is 0.480 e. The monoisotopic (exact) mass is 228 g/mol. The Labute approximate surface area is 91.2 Å². The molecule has 0 aromatic heterocycles. The summed E-state index contributed by atoms with van der Waals surface area (Å²) in [4.78, 5) is 44.8. The minimum absolute atomic E-state index is 0.0270. The number of imide groups is 1. The fraction of sp³-hybridized carbons (Fsp3) is 0.556. The number of hydrogen-bond acceptors (Lipinski definition) is 4. The average Bonchev–Trinajstić information content (AvgIpc) is 2.48. The Hall–Kier alpha value is -1.92. The second kappa shape index (κ2) is 4.73. The summed E-state index contributed by atoms with van der Waals surface area (Å²) in [6.07, 6.45) is -0.255. The number of primary amides is 1. The van der Waals surface area contributed by atoms with Gasteiger partial charge in [-0.3, -0.25) is 19.3 Å². The van der Waals surface area contributed by atoms with E-state index in [9.17, 15) is 19.2 Å². The number of carboxylic acids is 1. The highest BCUT2D eigenvalue weighted by atomic mass is 16.4. The SMILES string of the molecule is NC(=O)CCC(C(=O)O)N1C(=O)CCC1=O. The van der Waals surface area contributed by atoms with Crippen LogP contribution in [0.5, 0.6) is 0 Å². The van der Waals surface area contributed by atoms with E-state index in [-0.39, 0.29) is 25.7 Å². The highest BCUT2D eigenvalue weighted by Crippen LogP contribution is 2.18. The normalized spacial score (nSPS) is 17.6. The van der Waals surface area contributed by atoms with Gasteiger partial charge in [-0.2, -0.15) is 0 Å². The van der Waals surface area contributed by atoms with Crippen LogP contribution in [0.4, 0.5) is 0 Å². The molecule has 88 valence electrons. The van der Waals surface area contributed by atoms with E-state index in [2.05, 4.69) is 0 Å². The molecule has 7 nitrogen and oxygen atoms in total. The number of carbonyl (C=O) groups excluding carboxylic acids is 3. The summed E-state index contributed by atoms with van der Waals surface area (Å²) in [5, 5.41) is 8.88. The molecule has 0 bridgehead atoms. The van der Waals surface area contributed by atoms with Gasteiger partial charge in [0, 0.05) is 19.3 Å². The summed E-state index contributed by atoms with van der Waals surface area (Å²) in [6, 6.07) is -1.28. The number of hydrogen-bond donors (Lipinski definition) is 2. The Morgan fingerprint density at radius 3 is 2.19 bits per heavy atom. The summed E-state index contributed by atoms with van der Waals surface area (Å²) in [5.74, 6) is -2.99. The quantitative estimate of drug-likeness (QED) is 0.576. The van der Waals surface area contributed by atoms with E-state index in [1.54, 1.807) is 0 Å². The average molecular weight is 228 g/mol. The van der Waals surface area contributed by atoms with Gasteiger partial charge in [0.2, 0.25) is 17.7 Å². The molecule has 16 heavy (non-hydrogen) atoms. The van der Waals surface area contributed by atoms with Crippen molar-refractivity contribution in [3.63, 3.8) is 0 Å². The Morgan fingerprint density at radius 2 is 1.81 bits per heavy atom. The summed E-state index contributed by atoms with van der Waals surface area (Å²) in [5.41, 5.74) is 4.89. The molecule has 1 fully saturated rings. The van der Waals surface area contributed by atoms with Gasteiger partial charge in [-0.05, 0) is 6.42 Å². The molecule has 1 saturated heterocycles. The van der Waals surface area contributed by atoms with Crippen LogP contribution >= 0.6 is 0 Å². The van der Waals surface area contributed by atoms with Crippen LogP contribution in [0.15, 0.2) is 0 Å². The standard InChI is InChI=1S/C9H12N2O5/c10-6(12)2-1-5(9(15)16)11-7(13)3-4-8(11)14/h5H,1-4H2,(H2,10,12)(H,15,16). The second-order valence-corrected chi connectivity index (χ2v) is 3.52. The molecule has 7 heteroatoms. The molecule has 1 heterocycles. The fourth-order valence-corrected chi connectivity index (χ4v) is 1.58. The van der Waals surface area contributed by atoms with Crippen LogP contribution in [-0.4, -0.2) is 39.7 Å². The molecule has 1 atom stereocenters. The van der Waals surface area contributed by atoms with Crippen LogP contribution in [0.25, 0.3) is 0 Å². The molecule has 0 spiro atoms. The lowest BCUT2D eigenvalue weighted by molar-refractivity contribution is -0.154. The predicted octanol–water partition coefficient (Wildman–Crippen LogP) is -1.15. The van der Waals surface area contributed by atoms with Gasteiger partial charge in [-0.15, -0.1) is 0 Å². The topological polar surface area (TPSA) is 118 Å². The number of likely N-dealkylation sites (tertiary alicyclic amines) is 1. The Bertz CT molecular complexity index is 336. The summed E-state index contributed by atoms with van der Waals surface area (Å²) < 4.78 is 0. The molecule has 1 unspecified atom stereocenters. The van der Waals surface area contributed by atoms with Gasteiger partial charge >= 0.3 is 5.97 Å². The number of carboxylic acid groups (broad SMARTS) is 1. The minimum atomic E-state index is -1.30. The first-order chi connectivity index (χ1) is 7.43. The number of amides is 3. The van der Waals surface area contributed by atoms with E-state index in [0.717, 1.165) is 0 Å². The van der Waals surface area contributed by atoms with Crippen LogP contribution in [0.1, 0.15) is 25.7 Å². The zero-order valence-electron chi connectivity index (χ0n) is 8.51. The molecule has 1 aliphatic heterocycles. The van der Waals surface area contributed by atoms with Gasteiger partial charge in [0.1, 0.15) is 6.04 Å². The van der Waals surface area contributed by atoms with Gasteiger partial charge in [0.15, 0.2) is 0 Å². The van der Waals surface area contributed by atoms with Gasteiger partial charge in [0.25, 0.3) is 0 Å². The minimum Gasteiger partial charge on any atom is -0.480 e. The van der Waals surface area contributed by atoms with E-state index in [1.807, 2.05) is 0 Å². The maximum atomic E-state index is 11.3. The first-order valence-corrected chi connectivity index (χ1v) is 4.79. The summed E-state index contributed by atoms with van der Waals surface area (Å²) in [6.45, 7) is 0. The first-order valence-electron chi connectivity index (χ1n) is 4.79. The van der Waals surface area contributed by atoms with Crippen molar-refractivity contribution in [3.8, 4) is 0 Å². The molecule has 1 aliphatic rings. The highest BCUT2D eigenvalue weighted by Gasteiger charge is 2.38. The zero-order valence-corrected chi connectivity index (χ0v) is 8.51. The van der Waals surface area contributed by atoms with Crippen LogP contribution in [0.3, 0.4) is 0 Å². The smallest absolute Gasteiger partial charge is 0.326 e. The first kappa shape index (κ1) is 12.2. The molecular formula is C9H12N2O5. The van der Waals surface area contributed by atoms with E-state index < -0.39 is 29.7 Å². The van der Waals surface area contributed by atoms with Crippen LogP contribution in [0, 0.1) is 0 Å². The van der Waals surface area contributed by atoms with Gasteiger partial charge in [-0.1, -0.05) is 0 Å². The molecule has 0 radical (unpaired) electrons. The maximum absolute atomic E-state index is 11.3. The Balaban J connectivity index is 2.76. The van der Waals surface area contributed by atoms with E-state index in [0.29, 0.717) is 4.90 Å². The number of rotatable bonds is 5. The molecule has 0 aromatic carbocycles. The van der Waals surface area contributed by atoms with Crippen molar-refractivity contribution < 1.29 is 24.3 Å². The molecular weight excluding hydrogens is 216 g/mol. The summed E-state index contributed by atoms with van der Waals surface area (Å²) in [7, 11) is 0. The highest BCUT2D eigenvalue weighted by molar-refractivity contribution is 6.04. The Kier molecular flexibility index (Phi) is 3.60. The van der Waals surface area contributed by atoms with Crippen LogP contribution < -0.4 is 5.73 Å². The van der Waals surface area contributed by atoms with Crippen molar-refractivity contribution in [3.05, 3.63) is 0 Å². The van der Waals surface area contributed by atoms with Crippen LogP contribution in [-0.2, 0) is 19.2 Å². The van der Waals surface area contributed by atoms with Crippen molar-refractivity contribution >= 4 is 23.7 Å². The second-order valence-electron chi connectivity index (χ2n) is 3.52. The Morgan fingerprint density at radius 1 is 1.31 bits per heavy atom. The lowest BCUT2D eigenvalue weighted by Gasteiger charge is -2.21. The maximum Gasteiger partial charge on any atom is 0.326 e. The van der Waals surface area contributed by atoms with Gasteiger partial charge in [-0.25, -0.2) is 4.79 Å². The lowest BCUT2D eigenvalue weighted by Crippen LogP contribution is -2.44. The third-order valence-electron chi connectivity index (χ3n) is 2.35. The third kappa shape index (κ3) is 2.56. The van der Waals surface area contributed by atoms with Gasteiger partial charge in [0.05, 0.1) is 0 Å². The van der Waals surface area contributed by atoms with Crippen molar-refractivity contribution in [2.24, 2.45) is 5.73 Å². The molecule has 1 rings (SSSR count). The molecule has 0 aliphatic carbocycles. The number of nitrogens with two attached hydrogens (primary N) is 1. The fourth-order valence-electron chi connectivity index (χ4n) is 1.58. The zero-order chi connectivity index (χ0) is 12.3. The molecule has 3 N–H and O–H groups in total. The van der Waals surface area contributed by atoms with Crippen molar-refractivity contribution in [2.45, 2.75) is 31.7 Å². The van der Waals surface area contributed by atoms with Crippen LogP contribution in [0.2, 0.25) is 0 Å². The number of carbonyl (C=O) groups is 4. The van der Waals surface area contributed by atoms with Crippen molar-refractivity contribution in [1.82, 2.24) is 4.90 Å². The van der Waals surface area contributed by atoms with Crippen molar-refractivity contribution in [1.29, 1.82) is 0 Å². The molecule has 0 aromatic rings. The van der Waals surface area contributed by atoms with Gasteiger partial charge < -0.3 is 10.8 Å². The molecule has 3 amide bonds. The van der Waals surface area contributed by atoms with E-state index in [4.69, 9.17) is 10.8 Å². The number of aliphatic carboxylic acids is 1. The van der Waals surface area contributed by atoms with E-state index >= 15 is 0 Å². The number of nitrogens with zero attached hydrogens (tertiary/aromatic N) is 1.